The smallest absolute Gasteiger partial charge is 0.324 e. The van der Waals surface area contributed by atoms with E-state index in [0.29, 0.717) is 10.7 Å². The van der Waals surface area contributed by atoms with Crippen molar-refractivity contribution in [2.75, 3.05) is 0 Å². The lowest BCUT2D eigenvalue weighted by molar-refractivity contribution is -0.136. The Kier molecular flexibility index (Phi) is 3.93. The van der Waals surface area contributed by atoms with Gasteiger partial charge in [0.2, 0.25) is 0 Å². The van der Waals surface area contributed by atoms with Crippen molar-refractivity contribution < 1.29 is 13.2 Å². The van der Waals surface area contributed by atoms with Crippen LogP contribution in [0.4, 0.5) is 13.2 Å². The molecule has 0 radical (unpaired) electrons. The van der Waals surface area contributed by atoms with Crippen LogP contribution in [0.5, 0.6) is 0 Å². The van der Waals surface area contributed by atoms with Crippen LogP contribution < -0.4 is 5.73 Å². The Morgan fingerprint density at radius 1 is 1.40 bits per heavy atom. The zero-order chi connectivity index (χ0) is 11.5. The van der Waals surface area contributed by atoms with Crippen LogP contribution in [-0.4, -0.2) is 11.2 Å². The van der Waals surface area contributed by atoms with Crippen LogP contribution in [0.1, 0.15) is 24.4 Å². The Morgan fingerprint density at radius 2 is 2.07 bits per heavy atom. The average molecular weight is 239 g/mol. The van der Waals surface area contributed by atoms with Crippen molar-refractivity contribution in [1.82, 2.24) is 4.98 Å². The minimum atomic E-state index is -4.17. The summed E-state index contributed by atoms with van der Waals surface area (Å²) in [6.45, 7) is 0. The van der Waals surface area contributed by atoms with Crippen molar-refractivity contribution in [3.63, 3.8) is 0 Å². The number of nitrogens with two attached hydrogens (primary N) is 1. The van der Waals surface area contributed by atoms with E-state index in [1.54, 1.807) is 6.07 Å². The van der Waals surface area contributed by atoms with Crippen LogP contribution in [0.2, 0.25) is 5.15 Å². The molecule has 1 atom stereocenters. The molecule has 0 saturated carbocycles. The maximum atomic E-state index is 11.9. The SMILES string of the molecule is N[C@H](CCC(F)(F)F)c1ccc(Cl)nc1. The van der Waals surface area contributed by atoms with Crippen LogP contribution >= 0.6 is 11.6 Å². The normalized spacial score (nSPS) is 13.9. The number of nitrogens with zero attached hydrogens (tertiary/aromatic N) is 1. The number of rotatable bonds is 3. The van der Waals surface area contributed by atoms with Gasteiger partial charge in [0, 0.05) is 18.7 Å². The number of hydrogen-bond acceptors (Lipinski definition) is 2. The maximum absolute atomic E-state index is 11.9. The van der Waals surface area contributed by atoms with Crippen molar-refractivity contribution in [3.05, 3.63) is 29.0 Å². The Morgan fingerprint density at radius 3 is 2.53 bits per heavy atom. The van der Waals surface area contributed by atoms with Crippen LogP contribution in [0.3, 0.4) is 0 Å². The molecule has 0 spiro atoms. The topological polar surface area (TPSA) is 38.9 Å². The van der Waals surface area contributed by atoms with Crippen molar-refractivity contribution in [2.24, 2.45) is 5.73 Å². The second-order valence-electron chi connectivity index (χ2n) is 3.17. The molecule has 0 saturated heterocycles. The van der Waals surface area contributed by atoms with Gasteiger partial charge in [-0.05, 0) is 18.1 Å². The summed E-state index contributed by atoms with van der Waals surface area (Å²) in [7, 11) is 0. The van der Waals surface area contributed by atoms with E-state index in [2.05, 4.69) is 4.98 Å². The predicted octanol–water partition coefficient (Wildman–Crippen LogP) is 3.08. The zero-order valence-corrected chi connectivity index (χ0v) is 8.52. The third-order valence-electron chi connectivity index (χ3n) is 1.92. The van der Waals surface area contributed by atoms with Gasteiger partial charge < -0.3 is 5.73 Å². The summed E-state index contributed by atoms with van der Waals surface area (Å²) in [6.07, 6.45) is -3.82. The second-order valence-corrected chi connectivity index (χ2v) is 3.56. The third-order valence-corrected chi connectivity index (χ3v) is 2.14. The van der Waals surface area contributed by atoms with Crippen LogP contribution in [0, 0.1) is 0 Å². The van der Waals surface area contributed by atoms with Crippen molar-refractivity contribution in [2.45, 2.75) is 25.1 Å². The van der Waals surface area contributed by atoms with E-state index in [-0.39, 0.29) is 6.42 Å². The molecule has 0 amide bonds. The van der Waals surface area contributed by atoms with Gasteiger partial charge >= 0.3 is 6.18 Å². The van der Waals surface area contributed by atoms with Gasteiger partial charge in [0.15, 0.2) is 0 Å². The second kappa shape index (κ2) is 4.81. The molecule has 2 nitrogen and oxygen atoms in total. The summed E-state index contributed by atoms with van der Waals surface area (Å²) in [4.78, 5) is 3.75. The number of pyridine rings is 1. The minimum Gasteiger partial charge on any atom is -0.324 e. The highest BCUT2D eigenvalue weighted by Crippen LogP contribution is 2.26. The fourth-order valence-corrected chi connectivity index (χ4v) is 1.20. The van der Waals surface area contributed by atoms with Gasteiger partial charge in [-0.1, -0.05) is 17.7 Å². The first-order valence-corrected chi connectivity index (χ1v) is 4.70. The first-order valence-electron chi connectivity index (χ1n) is 4.32. The summed E-state index contributed by atoms with van der Waals surface area (Å²) in [6, 6.07) is 2.43. The highest BCUT2D eigenvalue weighted by molar-refractivity contribution is 6.29. The van der Waals surface area contributed by atoms with E-state index in [1.165, 1.54) is 12.3 Å². The summed E-state index contributed by atoms with van der Waals surface area (Å²) < 4.78 is 35.7. The van der Waals surface area contributed by atoms with Crippen molar-refractivity contribution in [3.8, 4) is 0 Å². The number of hydrogen-bond donors (Lipinski definition) is 1. The van der Waals surface area contributed by atoms with Crippen molar-refractivity contribution >= 4 is 11.6 Å². The van der Waals surface area contributed by atoms with Crippen LogP contribution in [0.15, 0.2) is 18.3 Å². The quantitative estimate of drug-likeness (QED) is 0.822. The maximum Gasteiger partial charge on any atom is 0.389 e. The average Bonchev–Trinajstić information content (AvgIpc) is 2.14. The Hall–Kier alpha value is -0.810. The van der Waals surface area contributed by atoms with Crippen LogP contribution in [0.25, 0.3) is 0 Å². The van der Waals surface area contributed by atoms with Gasteiger partial charge in [-0.3, -0.25) is 0 Å². The van der Waals surface area contributed by atoms with Gasteiger partial charge in [0.1, 0.15) is 5.15 Å². The minimum absolute atomic E-state index is 0.146. The Balaban J connectivity index is 2.54. The van der Waals surface area contributed by atoms with Gasteiger partial charge in [-0.25, -0.2) is 4.98 Å². The molecule has 0 aliphatic rings. The predicted molar refractivity (Wildman–Crippen MR) is 51.5 cm³/mol. The van der Waals surface area contributed by atoms with E-state index in [0.717, 1.165) is 0 Å². The van der Waals surface area contributed by atoms with E-state index in [4.69, 9.17) is 17.3 Å². The van der Waals surface area contributed by atoms with E-state index in [9.17, 15) is 13.2 Å². The summed E-state index contributed by atoms with van der Waals surface area (Å²) in [5.74, 6) is 0. The first-order chi connectivity index (χ1) is 6.88. The highest BCUT2D eigenvalue weighted by Gasteiger charge is 2.27. The lowest BCUT2D eigenvalue weighted by Crippen LogP contribution is -2.15. The van der Waals surface area contributed by atoms with E-state index >= 15 is 0 Å². The molecule has 0 aliphatic heterocycles. The highest BCUT2D eigenvalue weighted by atomic mass is 35.5. The Bertz CT molecular complexity index is 310. The zero-order valence-electron chi connectivity index (χ0n) is 7.76. The summed E-state index contributed by atoms with van der Waals surface area (Å²) in [5.41, 5.74) is 6.13. The van der Waals surface area contributed by atoms with Gasteiger partial charge in [-0.2, -0.15) is 13.2 Å². The fraction of sp³-hybridized carbons (Fsp3) is 0.444. The molecule has 1 aromatic rings. The molecule has 1 heterocycles. The molecule has 0 fully saturated rings. The summed E-state index contributed by atoms with van der Waals surface area (Å²) >= 11 is 5.53. The van der Waals surface area contributed by atoms with Crippen molar-refractivity contribution in [1.29, 1.82) is 0 Å². The molecular weight excluding hydrogens is 229 g/mol. The van der Waals surface area contributed by atoms with Gasteiger partial charge in [0.25, 0.3) is 0 Å². The standard InChI is InChI=1S/C9H10ClF3N2/c10-8-2-1-6(5-15-8)7(14)3-4-9(11,12)13/h1-2,5,7H,3-4,14H2/t7-/m1/s1. The largest absolute Gasteiger partial charge is 0.389 e. The lowest BCUT2D eigenvalue weighted by Gasteiger charge is -2.12. The van der Waals surface area contributed by atoms with Gasteiger partial charge in [0.05, 0.1) is 0 Å². The molecule has 2 N–H and O–H groups in total. The molecule has 1 rings (SSSR count). The van der Waals surface area contributed by atoms with Gasteiger partial charge in [-0.15, -0.1) is 0 Å². The number of aromatic nitrogens is 1. The summed E-state index contributed by atoms with van der Waals surface area (Å²) in [5, 5.41) is 0.293. The third kappa shape index (κ3) is 4.48. The van der Waals surface area contributed by atoms with E-state index in [1.807, 2.05) is 0 Å². The van der Waals surface area contributed by atoms with E-state index < -0.39 is 18.6 Å². The fourth-order valence-electron chi connectivity index (χ4n) is 1.09. The molecule has 1 aromatic heterocycles. The van der Waals surface area contributed by atoms with Crippen LogP contribution in [-0.2, 0) is 0 Å². The molecule has 0 aliphatic carbocycles. The molecule has 0 bridgehead atoms. The number of halogens is 4. The molecule has 84 valence electrons. The first kappa shape index (κ1) is 12.3. The molecule has 0 aromatic carbocycles. The Labute approximate surface area is 90.3 Å². The molecule has 15 heavy (non-hydrogen) atoms. The lowest BCUT2D eigenvalue weighted by atomic mass is 10.1. The monoisotopic (exact) mass is 238 g/mol. The number of alkyl halides is 3. The molecule has 6 heteroatoms. The molecular formula is C9H10ClF3N2. The molecule has 0 unspecified atom stereocenters.